The molecule has 0 bridgehead atoms. The van der Waals surface area contributed by atoms with Gasteiger partial charge in [-0.25, -0.2) is 0 Å². The number of nitro benzene ring substituents is 2. The zero-order valence-electron chi connectivity index (χ0n) is 20.1. The Balaban J connectivity index is 1.57. The fraction of sp³-hybridized carbons (Fsp3) is 0. The maximum absolute atomic E-state index is 11.2. The normalized spacial score (nSPS) is 11.7. The molecule has 0 aliphatic heterocycles. The molecule has 0 N–H and O–H groups in total. The summed E-state index contributed by atoms with van der Waals surface area (Å²) >= 11 is 0. The third-order valence-corrected chi connectivity index (χ3v) is 5.52. The Bertz CT molecular complexity index is 1470. The number of rotatable bonds is 9. The Morgan fingerprint density at radius 2 is 0.895 bits per heavy atom. The van der Waals surface area contributed by atoms with Gasteiger partial charge in [0.1, 0.15) is 0 Å². The lowest BCUT2D eigenvalue weighted by molar-refractivity contribution is -0.385. The minimum atomic E-state index is -0.417. The second-order valence-corrected chi connectivity index (χ2v) is 7.94. The number of hydrogen-bond donors (Lipinski definition) is 0. The Morgan fingerprint density at radius 3 is 1.32 bits per heavy atom. The van der Waals surface area contributed by atoms with Crippen molar-refractivity contribution in [3.8, 4) is 11.1 Å². The molecular weight excluding hydrogens is 480 g/mol. The van der Waals surface area contributed by atoms with Crippen LogP contribution in [0.3, 0.4) is 0 Å². The van der Waals surface area contributed by atoms with Crippen LogP contribution >= 0.6 is 0 Å². The largest absolute Gasteiger partial charge is 0.276 e. The van der Waals surface area contributed by atoms with Gasteiger partial charge in [-0.15, -0.1) is 0 Å². The van der Waals surface area contributed by atoms with Gasteiger partial charge in [-0.3, -0.25) is 30.2 Å². The third-order valence-electron chi connectivity index (χ3n) is 5.52. The third kappa shape index (κ3) is 6.38. The van der Waals surface area contributed by atoms with Crippen LogP contribution in [0.15, 0.2) is 119 Å². The molecule has 0 aliphatic rings. The molecular formula is C30H22N4O4. The molecule has 0 amide bonds. The molecule has 4 aromatic rings. The predicted molar refractivity (Wildman–Crippen MR) is 152 cm³/mol. The van der Waals surface area contributed by atoms with Gasteiger partial charge in [-0.1, -0.05) is 60.7 Å². The van der Waals surface area contributed by atoms with E-state index in [4.69, 9.17) is 0 Å². The van der Waals surface area contributed by atoms with Gasteiger partial charge in [0.2, 0.25) is 0 Å². The van der Waals surface area contributed by atoms with Gasteiger partial charge >= 0.3 is 0 Å². The molecule has 0 heterocycles. The maximum Gasteiger partial charge on any atom is 0.276 e. The van der Waals surface area contributed by atoms with Crippen LogP contribution in [0.2, 0.25) is 0 Å². The number of benzene rings is 4. The zero-order valence-corrected chi connectivity index (χ0v) is 20.1. The van der Waals surface area contributed by atoms with Crippen molar-refractivity contribution in [3.05, 3.63) is 141 Å². The maximum atomic E-state index is 11.2. The van der Waals surface area contributed by atoms with Crippen LogP contribution < -0.4 is 0 Å². The SMILES string of the molecule is O=[N+]([O-])c1ccccc1/C=C/C=Nc1ccccc1-c1ccccc1N=C/C=C/c1ccccc1[N+](=O)[O-]. The van der Waals surface area contributed by atoms with Crippen LogP contribution in [0.1, 0.15) is 11.1 Å². The van der Waals surface area contributed by atoms with Crippen molar-refractivity contribution in [2.45, 2.75) is 0 Å². The molecule has 8 nitrogen and oxygen atoms in total. The van der Waals surface area contributed by atoms with Crippen LogP contribution in [0.25, 0.3) is 23.3 Å². The van der Waals surface area contributed by atoms with E-state index in [0.29, 0.717) is 22.5 Å². The second kappa shape index (κ2) is 12.5. The summed E-state index contributed by atoms with van der Waals surface area (Å²) in [6, 6.07) is 28.2. The molecule has 0 saturated carbocycles. The minimum absolute atomic E-state index is 0.0280. The van der Waals surface area contributed by atoms with Gasteiger partial charge in [0.05, 0.1) is 32.3 Å². The summed E-state index contributed by atoms with van der Waals surface area (Å²) in [5.74, 6) is 0. The summed E-state index contributed by atoms with van der Waals surface area (Å²) in [6.45, 7) is 0. The van der Waals surface area contributed by atoms with Gasteiger partial charge in [-0.05, 0) is 48.6 Å². The Labute approximate surface area is 219 Å². The summed E-state index contributed by atoms with van der Waals surface area (Å²) in [6.07, 6.45) is 9.80. The topological polar surface area (TPSA) is 111 Å². The van der Waals surface area contributed by atoms with E-state index < -0.39 is 9.85 Å². The smallest absolute Gasteiger partial charge is 0.258 e. The first-order valence-corrected chi connectivity index (χ1v) is 11.6. The summed E-state index contributed by atoms with van der Waals surface area (Å²) in [5, 5.41) is 22.4. The first-order valence-electron chi connectivity index (χ1n) is 11.6. The molecule has 0 aliphatic carbocycles. The van der Waals surface area contributed by atoms with E-state index in [1.807, 2.05) is 48.5 Å². The lowest BCUT2D eigenvalue weighted by Gasteiger charge is -2.08. The van der Waals surface area contributed by atoms with Crippen molar-refractivity contribution < 1.29 is 9.85 Å². The number of aliphatic imine (C=N–C) groups is 2. The van der Waals surface area contributed by atoms with E-state index in [2.05, 4.69) is 9.98 Å². The number of nitro groups is 2. The average molecular weight is 503 g/mol. The summed E-state index contributed by atoms with van der Waals surface area (Å²) in [4.78, 5) is 30.7. The lowest BCUT2D eigenvalue weighted by atomic mass is 10.0. The molecule has 0 unspecified atom stereocenters. The van der Waals surface area contributed by atoms with Crippen molar-refractivity contribution in [3.63, 3.8) is 0 Å². The summed E-state index contributed by atoms with van der Waals surface area (Å²) in [7, 11) is 0. The average Bonchev–Trinajstić information content (AvgIpc) is 2.94. The van der Waals surface area contributed by atoms with Gasteiger partial charge < -0.3 is 0 Å². The van der Waals surface area contributed by atoms with Gasteiger partial charge in [-0.2, -0.15) is 0 Å². The molecule has 186 valence electrons. The highest BCUT2D eigenvalue weighted by Crippen LogP contribution is 2.36. The predicted octanol–water partition coefficient (Wildman–Crippen LogP) is 8.00. The Kier molecular flexibility index (Phi) is 8.39. The van der Waals surface area contributed by atoms with Crippen molar-refractivity contribution in [2.24, 2.45) is 9.98 Å². The quantitative estimate of drug-likeness (QED) is 0.131. The zero-order chi connectivity index (χ0) is 26.7. The number of para-hydroxylation sites is 4. The van der Waals surface area contributed by atoms with Crippen molar-refractivity contribution in [1.82, 2.24) is 0 Å². The van der Waals surface area contributed by atoms with Crippen LogP contribution in [-0.4, -0.2) is 22.3 Å². The molecule has 0 saturated heterocycles. The first-order chi connectivity index (χ1) is 18.5. The first kappa shape index (κ1) is 25.6. The summed E-state index contributed by atoms with van der Waals surface area (Å²) in [5.41, 5.74) is 4.17. The van der Waals surface area contributed by atoms with E-state index in [-0.39, 0.29) is 11.4 Å². The number of allylic oxidation sites excluding steroid dienone is 2. The molecule has 4 rings (SSSR count). The monoisotopic (exact) mass is 502 g/mol. The molecule has 0 fully saturated rings. The van der Waals surface area contributed by atoms with Crippen molar-refractivity contribution >= 4 is 47.3 Å². The van der Waals surface area contributed by atoms with Crippen LogP contribution in [0.5, 0.6) is 0 Å². The summed E-state index contributed by atoms with van der Waals surface area (Å²) < 4.78 is 0. The van der Waals surface area contributed by atoms with Crippen molar-refractivity contribution in [2.75, 3.05) is 0 Å². The van der Waals surface area contributed by atoms with Crippen molar-refractivity contribution in [1.29, 1.82) is 0 Å². The van der Waals surface area contributed by atoms with Gasteiger partial charge in [0.15, 0.2) is 0 Å². The highest BCUT2D eigenvalue weighted by Gasteiger charge is 2.10. The lowest BCUT2D eigenvalue weighted by Crippen LogP contribution is -1.90. The van der Waals surface area contributed by atoms with Crippen LogP contribution in [-0.2, 0) is 0 Å². The number of hydrogen-bond acceptors (Lipinski definition) is 6. The van der Waals surface area contributed by atoms with Gasteiger partial charge in [0, 0.05) is 35.7 Å². The molecule has 4 aromatic carbocycles. The van der Waals surface area contributed by atoms with E-state index in [9.17, 15) is 20.2 Å². The van der Waals surface area contributed by atoms with E-state index >= 15 is 0 Å². The molecule has 0 atom stereocenters. The van der Waals surface area contributed by atoms with E-state index in [1.165, 1.54) is 12.1 Å². The highest BCUT2D eigenvalue weighted by atomic mass is 16.6. The Morgan fingerprint density at radius 1 is 0.526 bits per heavy atom. The van der Waals surface area contributed by atoms with Crippen LogP contribution in [0, 0.1) is 20.2 Å². The number of nitrogens with zero attached hydrogens (tertiary/aromatic N) is 4. The molecule has 38 heavy (non-hydrogen) atoms. The molecule has 0 radical (unpaired) electrons. The fourth-order valence-electron chi connectivity index (χ4n) is 3.76. The Hall–Kier alpha value is -5.50. The molecule has 0 aromatic heterocycles. The second-order valence-electron chi connectivity index (χ2n) is 7.94. The molecule has 8 heteroatoms. The van der Waals surface area contributed by atoms with E-state index in [0.717, 1.165) is 11.1 Å². The van der Waals surface area contributed by atoms with Gasteiger partial charge in [0.25, 0.3) is 11.4 Å². The van der Waals surface area contributed by atoms with Crippen LogP contribution in [0.4, 0.5) is 22.7 Å². The fourth-order valence-corrected chi connectivity index (χ4v) is 3.76. The van der Waals surface area contributed by atoms with E-state index in [1.54, 1.807) is 73.1 Å². The molecule has 0 spiro atoms. The minimum Gasteiger partial charge on any atom is -0.258 e. The standard InChI is InChI=1S/C30H22N4O4/c35-33(36)29-19-7-1-11-23(29)13-9-21-31-27-17-5-3-15-25(27)26-16-4-6-18-28(26)32-22-10-14-24-12-2-8-20-30(24)34(37)38/h1-22H/b13-9+,14-10+,31-21?,32-22?. The highest BCUT2D eigenvalue weighted by molar-refractivity contribution is 5.90.